The fourth-order valence-electron chi connectivity index (χ4n) is 1.88. The Morgan fingerprint density at radius 3 is 2.44 bits per heavy atom. The average Bonchev–Trinajstić information content (AvgIpc) is 2.36. The van der Waals surface area contributed by atoms with Crippen molar-refractivity contribution in [1.82, 2.24) is 5.32 Å². The van der Waals surface area contributed by atoms with Crippen LogP contribution in [-0.4, -0.2) is 30.6 Å². The zero-order valence-corrected chi connectivity index (χ0v) is 12.5. The van der Waals surface area contributed by atoms with Crippen molar-refractivity contribution in [2.45, 2.75) is 37.5 Å². The van der Waals surface area contributed by atoms with Crippen LogP contribution in [0.3, 0.4) is 0 Å². The molecule has 0 unspecified atom stereocenters. The predicted octanol–water partition coefficient (Wildman–Crippen LogP) is 3.05. The quantitative estimate of drug-likeness (QED) is 0.561. The highest BCUT2D eigenvalue weighted by molar-refractivity contribution is 7.99. The fourth-order valence-corrected chi connectivity index (χ4v) is 2.54. The third kappa shape index (κ3) is 5.01. The van der Waals surface area contributed by atoms with Gasteiger partial charge in [-0.05, 0) is 36.4 Å². The van der Waals surface area contributed by atoms with Crippen molar-refractivity contribution in [2.24, 2.45) is 0 Å². The summed E-state index contributed by atoms with van der Waals surface area (Å²) < 4.78 is 0. The van der Waals surface area contributed by atoms with Crippen molar-refractivity contribution >= 4 is 11.8 Å². The van der Waals surface area contributed by atoms with E-state index in [0.717, 1.165) is 25.3 Å². The van der Waals surface area contributed by atoms with E-state index in [0.29, 0.717) is 0 Å². The van der Waals surface area contributed by atoms with E-state index in [9.17, 15) is 0 Å². The van der Waals surface area contributed by atoms with Crippen LogP contribution in [0.15, 0.2) is 29.2 Å². The first kappa shape index (κ1) is 15.5. The number of rotatable bonds is 8. The molecule has 18 heavy (non-hydrogen) atoms. The van der Waals surface area contributed by atoms with Crippen molar-refractivity contribution < 1.29 is 5.11 Å². The highest BCUT2D eigenvalue weighted by atomic mass is 32.2. The van der Waals surface area contributed by atoms with Crippen molar-refractivity contribution in [2.75, 3.05) is 25.4 Å². The first-order valence-electron chi connectivity index (χ1n) is 6.65. The molecule has 0 aliphatic carbocycles. The molecule has 0 aliphatic heterocycles. The van der Waals surface area contributed by atoms with Crippen LogP contribution in [0, 0.1) is 0 Å². The number of hydrogen-bond acceptors (Lipinski definition) is 3. The summed E-state index contributed by atoms with van der Waals surface area (Å²) in [6.45, 7) is 8.75. The van der Waals surface area contributed by atoms with Crippen LogP contribution in [-0.2, 0) is 5.41 Å². The Hall–Kier alpha value is -0.510. The van der Waals surface area contributed by atoms with E-state index in [1.807, 2.05) is 11.8 Å². The lowest BCUT2D eigenvalue weighted by Gasteiger charge is -2.26. The molecule has 0 bridgehead atoms. The van der Waals surface area contributed by atoms with Gasteiger partial charge in [-0.25, -0.2) is 0 Å². The topological polar surface area (TPSA) is 32.3 Å². The molecule has 102 valence electrons. The normalized spacial score (nSPS) is 11.8. The van der Waals surface area contributed by atoms with Gasteiger partial charge >= 0.3 is 0 Å². The van der Waals surface area contributed by atoms with Crippen LogP contribution in [0.5, 0.6) is 0 Å². The minimum Gasteiger partial charge on any atom is -0.396 e. The molecule has 0 radical (unpaired) electrons. The molecule has 2 N–H and O–H groups in total. The Balaban J connectivity index is 2.54. The molecule has 3 heteroatoms. The van der Waals surface area contributed by atoms with E-state index in [-0.39, 0.29) is 12.0 Å². The zero-order valence-electron chi connectivity index (χ0n) is 11.7. The van der Waals surface area contributed by atoms with Gasteiger partial charge in [0.25, 0.3) is 0 Å². The summed E-state index contributed by atoms with van der Waals surface area (Å²) in [5, 5.41) is 12.2. The first-order valence-corrected chi connectivity index (χ1v) is 7.63. The molecule has 0 amide bonds. The minimum atomic E-state index is 0.130. The van der Waals surface area contributed by atoms with Gasteiger partial charge in [-0.15, -0.1) is 11.8 Å². The summed E-state index contributed by atoms with van der Waals surface area (Å²) in [6.07, 6.45) is 0.822. The number of hydrogen-bond donors (Lipinski definition) is 2. The largest absolute Gasteiger partial charge is 0.396 e. The fraction of sp³-hybridized carbons (Fsp3) is 0.600. The first-order chi connectivity index (χ1) is 8.60. The van der Waals surface area contributed by atoms with Crippen molar-refractivity contribution in [3.05, 3.63) is 29.8 Å². The molecule has 0 saturated heterocycles. The van der Waals surface area contributed by atoms with Crippen LogP contribution in [0.25, 0.3) is 0 Å². The Bertz CT molecular complexity index is 335. The molecule has 1 aromatic rings. The van der Waals surface area contributed by atoms with Gasteiger partial charge in [-0.3, -0.25) is 0 Å². The number of thioether (sulfide) groups is 1. The second kappa shape index (κ2) is 7.82. The van der Waals surface area contributed by atoms with E-state index < -0.39 is 0 Å². The Labute approximate surface area is 115 Å². The number of nitrogens with one attached hydrogen (secondary N) is 1. The highest BCUT2D eigenvalue weighted by Crippen LogP contribution is 2.25. The lowest BCUT2D eigenvalue weighted by atomic mass is 9.84. The van der Waals surface area contributed by atoms with Gasteiger partial charge < -0.3 is 10.4 Å². The van der Waals surface area contributed by atoms with Gasteiger partial charge in [0.1, 0.15) is 0 Å². The molecule has 0 atom stereocenters. The van der Waals surface area contributed by atoms with E-state index >= 15 is 0 Å². The maximum Gasteiger partial charge on any atom is 0.0443 e. The molecule has 0 aromatic heterocycles. The summed E-state index contributed by atoms with van der Waals surface area (Å²) in [5.41, 5.74) is 1.49. The summed E-state index contributed by atoms with van der Waals surface area (Å²) >= 11 is 1.88. The van der Waals surface area contributed by atoms with Crippen molar-refractivity contribution in [3.63, 3.8) is 0 Å². The van der Waals surface area contributed by atoms with Gasteiger partial charge in [0.05, 0.1) is 0 Å². The van der Waals surface area contributed by atoms with Crippen LogP contribution >= 0.6 is 11.8 Å². The van der Waals surface area contributed by atoms with Gasteiger partial charge in [0.2, 0.25) is 0 Å². The Kier molecular flexibility index (Phi) is 6.76. The summed E-state index contributed by atoms with van der Waals surface area (Å²) in [7, 11) is 0. The van der Waals surface area contributed by atoms with Gasteiger partial charge in [0.15, 0.2) is 0 Å². The second-order valence-electron chi connectivity index (χ2n) is 5.10. The molecule has 0 spiro atoms. The van der Waals surface area contributed by atoms with E-state index in [4.69, 9.17) is 5.11 Å². The van der Waals surface area contributed by atoms with E-state index in [2.05, 4.69) is 50.4 Å². The lowest BCUT2D eigenvalue weighted by Crippen LogP contribution is -2.33. The molecular formula is C15H25NOS. The monoisotopic (exact) mass is 267 g/mol. The molecule has 1 rings (SSSR count). The van der Waals surface area contributed by atoms with Gasteiger partial charge in [0, 0.05) is 23.5 Å². The maximum atomic E-state index is 8.75. The number of aliphatic hydroxyl groups excluding tert-OH is 1. The molecule has 0 saturated carbocycles. The SMILES string of the molecule is CCSc1ccc(C(C)(C)CNCCCO)cc1. The summed E-state index contributed by atoms with van der Waals surface area (Å²) in [6, 6.07) is 8.87. The number of benzene rings is 1. The smallest absolute Gasteiger partial charge is 0.0443 e. The third-order valence-corrected chi connectivity index (χ3v) is 3.92. The zero-order chi connectivity index (χ0) is 13.4. The lowest BCUT2D eigenvalue weighted by molar-refractivity contribution is 0.284. The van der Waals surface area contributed by atoms with E-state index in [1.165, 1.54) is 10.5 Å². The van der Waals surface area contributed by atoms with Crippen molar-refractivity contribution in [3.8, 4) is 0 Å². The molecule has 0 aliphatic rings. The standard InChI is InChI=1S/C15H25NOS/c1-4-18-14-8-6-13(7-9-14)15(2,3)12-16-10-5-11-17/h6-9,16-17H,4-5,10-12H2,1-3H3. The van der Waals surface area contributed by atoms with Crippen LogP contribution in [0.2, 0.25) is 0 Å². The van der Waals surface area contributed by atoms with Crippen LogP contribution in [0.1, 0.15) is 32.8 Å². The minimum absolute atomic E-state index is 0.130. The Morgan fingerprint density at radius 1 is 1.22 bits per heavy atom. The second-order valence-corrected chi connectivity index (χ2v) is 6.43. The molecule has 2 nitrogen and oxygen atoms in total. The molecule has 1 aromatic carbocycles. The molecule has 0 heterocycles. The molecular weight excluding hydrogens is 242 g/mol. The van der Waals surface area contributed by atoms with Crippen LogP contribution < -0.4 is 5.32 Å². The van der Waals surface area contributed by atoms with E-state index in [1.54, 1.807) is 0 Å². The summed E-state index contributed by atoms with van der Waals surface area (Å²) in [4.78, 5) is 1.34. The average molecular weight is 267 g/mol. The van der Waals surface area contributed by atoms with Crippen molar-refractivity contribution in [1.29, 1.82) is 0 Å². The van der Waals surface area contributed by atoms with Gasteiger partial charge in [-0.1, -0.05) is 32.9 Å². The number of aliphatic hydroxyl groups is 1. The predicted molar refractivity (Wildman–Crippen MR) is 80.4 cm³/mol. The Morgan fingerprint density at radius 2 is 1.89 bits per heavy atom. The van der Waals surface area contributed by atoms with Crippen LogP contribution in [0.4, 0.5) is 0 Å². The van der Waals surface area contributed by atoms with Gasteiger partial charge in [-0.2, -0.15) is 0 Å². The maximum absolute atomic E-state index is 8.75. The highest BCUT2D eigenvalue weighted by Gasteiger charge is 2.19. The third-order valence-electron chi connectivity index (χ3n) is 3.03. The summed E-state index contributed by atoms with van der Waals surface area (Å²) in [5.74, 6) is 1.12. The molecule has 0 fully saturated rings.